The lowest BCUT2D eigenvalue weighted by atomic mass is 9.97. The minimum Gasteiger partial charge on any atom is -0.369 e. The summed E-state index contributed by atoms with van der Waals surface area (Å²) in [5, 5.41) is 12.3. The van der Waals surface area contributed by atoms with Crippen molar-refractivity contribution in [3.8, 4) is 6.07 Å². The zero-order valence-electron chi connectivity index (χ0n) is 10.9. The molecule has 1 saturated heterocycles. The molecule has 0 bridgehead atoms. The van der Waals surface area contributed by atoms with Gasteiger partial charge in [-0.2, -0.15) is 5.26 Å². The fourth-order valence-corrected chi connectivity index (χ4v) is 2.38. The molecule has 1 aliphatic rings. The molecule has 0 saturated carbocycles. The smallest absolute Gasteiger partial charge is 0.143 e. The number of hydrogen-bond donors (Lipinski definition) is 1. The molecule has 4 nitrogen and oxygen atoms in total. The highest BCUT2D eigenvalue weighted by molar-refractivity contribution is 5.51. The normalized spacial score (nSPS) is 17.3. The van der Waals surface area contributed by atoms with Gasteiger partial charge in [-0.25, -0.2) is 4.98 Å². The number of piperidine rings is 1. The van der Waals surface area contributed by atoms with Crippen molar-refractivity contribution < 1.29 is 0 Å². The van der Waals surface area contributed by atoms with Crippen LogP contribution in [0, 0.1) is 17.2 Å². The Morgan fingerprint density at radius 2 is 2.28 bits per heavy atom. The van der Waals surface area contributed by atoms with Gasteiger partial charge in [0.15, 0.2) is 0 Å². The Morgan fingerprint density at radius 1 is 1.50 bits per heavy atom. The molecule has 4 heteroatoms. The first-order valence-electron chi connectivity index (χ1n) is 6.64. The zero-order valence-corrected chi connectivity index (χ0v) is 10.9. The Bertz CT molecular complexity index is 416. The predicted molar refractivity (Wildman–Crippen MR) is 72.3 cm³/mol. The standard InChI is InChI=1S/C14H20N4/c1-2-18-8-5-12(6-9-18)11-17-14-13(10-15)4-3-7-16-14/h3-4,7,12H,2,5-6,8-9,11H2,1H3,(H,16,17). The molecule has 0 aliphatic carbocycles. The molecule has 1 aliphatic heterocycles. The summed E-state index contributed by atoms with van der Waals surface area (Å²) in [4.78, 5) is 6.71. The lowest BCUT2D eigenvalue weighted by Gasteiger charge is -2.31. The molecule has 0 unspecified atom stereocenters. The molecule has 1 fully saturated rings. The van der Waals surface area contributed by atoms with E-state index in [1.165, 1.54) is 25.9 Å². The number of nitrogens with one attached hydrogen (secondary N) is 1. The van der Waals surface area contributed by atoms with Crippen molar-refractivity contribution in [2.45, 2.75) is 19.8 Å². The van der Waals surface area contributed by atoms with Gasteiger partial charge in [0.2, 0.25) is 0 Å². The molecule has 1 aromatic rings. The van der Waals surface area contributed by atoms with E-state index >= 15 is 0 Å². The van der Waals surface area contributed by atoms with Crippen LogP contribution in [0.15, 0.2) is 18.3 Å². The monoisotopic (exact) mass is 244 g/mol. The molecule has 2 rings (SSSR count). The van der Waals surface area contributed by atoms with Crippen molar-refractivity contribution in [3.05, 3.63) is 23.9 Å². The summed E-state index contributed by atoms with van der Waals surface area (Å²) in [7, 11) is 0. The third kappa shape index (κ3) is 3.21. The fourth-order valence-electron chi connectivity index (χ4n) is 2.38. The number of pyridine rings is 1. The molecule has 0 aromatic carbocycles. The number of aromatic nitrogens is 1. The summed E-state index contributed by atoms with van der Waals surface area (Å²) in [5.74, 6) is 1.42. The number of hydrogen-bond acceptors (Lipinski definition) is 4. The molecular weight excluding hydrogens is 224 g/mol. The molecule has 18 heavy (non-hydrogen) atoms. The van der Waals surface area contributed by atoms with E-state index in [-0.39, 0.29) is 0 Å². The molecular formula is C14H20N4. The van der Waals surface area contributed by atoms with Crippen molar-refractivity contribution in [2.24, 2.45) is 5.92 Å². The van der Waals surface area contributed by atoms with Gasteiger partial charge in [-0.05, 0) is 50.5 Å². The maximum absolute atomic E-state index is 8.99. The highest BCUT2D eigenvalue weighted by atomic mass is 15.1. The summed E-state index contributed by atoms with van der Waals surface area (Å²) in [6, 6.07) is 5.76. The third-order valence-electron chi connectivity index (χ3n) is 3.64. The number of likely N-dealkylation sites (tertiary alicyclic amines) is 1. The Kier molecular flexibility index (Phi) is 4.54. The lowest BCUT2D eigenvalue weighted by Crippen LogP contribution is -2.35. The molecule has 96 valence electrons. The van der Waals surface area contributed by atoms with Crippen LogP contribution < -0.4 is 5.32 Å². The Labute approximate surface area is 109 Å². The van der Waals surface area contributed by atoms with Gasteiger partial charge in [0.1, 0.15) is 11.9 Å². The summed E-state index contributed by atoms with van der Waals surface area (Å²) >= 11 is 0. The van der Waals surface area contributed by atoms with Gasteiger partial charge in [0.25, 0.3) is 0 Å². The van der Waals surface area contributed by atoms with Gasteiger partial charge < -0.3 is 10.2 Å². The van der Waals surface area contributed by atoms with Crippen LogP contribution in [-0.4, -0.2) is 36.1 Å². The molecule has 0 atom stereocenters. The second-order valence-electron chi connectivity index (χ2n) is 4.77. The van der Waals surface area contributed by atoms with E-state index < -0.39 is 0 Å². The fraction of sp³-hybridized carbons (Fsp3) is 0.571. The van der Waals surface area contributed by atoms with E-state index in [0.717, 1.165) is 18.9 Å². The van der Waals surface area contributed by atoms with Gasteiger partial charge in [-0.3, -0.25) is 0 Å². The van der Waals surface area contributed by atoms with Crippen LogP contribution in [0.1, 0.15) is 25.3 Å². The Hall–Kier alpha value is -1.60. The number of nitrogens with zero attached hydrogens (tertiary/aromatic N) is 3. The first kappa shape index (κ1) is 12.8. The van der Waals surface area contributed by atoms with Crippen LogP contribution >= 0.6 is 0 Å². The summed E-state index contributed by atoms with van der Waals surface area (Å²) in [6.07, 6.45) is 4.19. The molecule has 0 radical (unpaired) electrons. The van der Waals surface area contributed by atoms with Crippen molar-refractivity contribution in [2.75, 3.05) is 31.5 Å². The summed E-state index contributed by atoms with van der Waals surface area (Å²) < 4.78 is 0. The SMILES string of the molecule is CCN1CCC(CNc2ncccc2C#N)CC1. The quantitative estimate of drug-likeness (QED) is 0.881. The van der Waals surface area contributed by atoms with Crippen LogP contribution in [0.5, 0.6) is 0 Å². The number of rotatable bonds is 4. The molecule has 2 heterocycles. The van der Waals surface area contributed by atoms with E-state index in [0.29, 0.717) is 11.5 Å². The van der Waals surface area contributed by atoms with Gasteiger partial charge >= 0.3 is 0 Å². The maximum atomic E-state index is 8.99. The highest BCUT2D eigenvalue weighted by Gasteiger charge is 2.18. The van der Waals surface area contributed by atoms with Crippen molar-refractivity contribution >= 4 is 5.82 Å². The van der Waals surface area contributed by atoms with E-state index in [9.17, 15) is 0 Å². The first-order chi connectivity index (χ1) is 8.83. The summed E-state index contributed by atoms with van der Waals surface area (Å²) in [5.41, 5.74) is 0.628. The largest absolute Gasteiger partial charge is 0.369 e. The van der Waals surface area contributed by atoms with Crippen LogP contribution in [0.4, 0.5) is 5.82 Å². The van der Waals surface area contributed by atoms with Crippen LogP contribution in [0.3, 0.4) is 0 Å². The van der Waals surface area contributed by atoms with E-state index in [4.69, 9.17) is 5.26 Å². The average molecular weight is 244 g/mol. The third-order valence-corrected chi connectivity index (χ3v) is 3.64. The topological polar surface area (TPSA) is 52.0 Å². The first-order valence-corrected chi connectivity index (χ1v) is 6.64. The molecule has 1 aromatic heterocycles. The zero-order chi connectivity index (χ0) is 12.8. The van der Waals surface area contributed by atoms with Crippen LogP contribution in [-0.2, 0) is 0 Å². The van der Waals surface area contributed by atoms with Crippen molar-refractivity contribution in [1.29, 1.82) is 5.26 Å². The number of nitriles is 1. The van der Waals surface area contributed by atoms with Gasteiger partial charge in [-0.1, -0.05) is 6.92 Å². The van der Waals surface area contributed by atoms with Gasteiger partial charge in [0, 0.05) is 12.7 Å². The average Bonchev–Trinajstić information content (AvgIpc) is 2.46. The Balaban J connectivity index is 1.84. The summed E-state index contributed by atoms with van der Waals surface area (Å²) in [6.45, 7) is 6.67. The second-order valence-corrected chi connectivity index (χ2v) is 4.77. The second kappa shape index (κ2) is 6.36. The van der Waals surface area contributed by atoms with Crippen molar-refractivity contribution in [1.82, 2.24) is 9.88 Å². The maximum Gasteiger partial charge on any atom is 0.143 e. The highest BCUT2D eigenvalue weighted by Crippen LogP contribution is 2.18. The minimum absolute atomic E-state index is 0.628. The van der Waals surface area contributed by atoms with Gasteiger partial charge in [-0.15, -0.1) is 0 Å². The minimum atomic E-state index is 0.628. The lowest BCUT2D eigenvalue weighted by molar-refractivity contribution is 0.198. The Morgan fingerprint density at radius 3 is 2.94 bits per heavy atom. The molecule has 0 spiro atoms. The van der Waals surface area contributed by atoms with Gasteiger partial charge in [0.05, 0.1) is 5.56 Å². The number of anilines is 1. The molecule has 1 N–H and O–H groups in total. The van der Waals surface area contributed by atoms with E-state index in [1.807, 2.05) is 0 Å². The predicted octanol–water partition coefficient (Wildman–Crippen LogP) is 2.10. The van der Waals surface area contributed by atoms with Crippen LogP contribution in [0.2, 0.25) is 0 Å². The molecule has 0 amide bonds. The van der Waals surface area contributed by atoms with Crippen LogP contribution in [0.25, 0.3) is 0 Å². The van der Waals surface area contributed by atoms with E-state index in [2.05, 4.69) is 28.2 Å². The van der Waals surface area contributed by atoms with Crippen molar-refractivity contribution in [3.63, 3.8) is 0 Å². The van der Waals surface area contributed by atoms with E-state index in [1.54, 1.807) is 18.3 Å².